The number of rotatable bonds is 4. The summed E-state index contributed by atoms with van der Waals surface area (Å²) in [6.07, 6.45) is 5.19. The van der Waals surface area contributed by atoms with Gasteiger partial charge in [0.05, 0.1) is 13.3 Å². The summed E-state index contributed by atoms with van der Waals surface area (Å²) in [5.74, 6) is 1.50. The molecular formula is C17H16N4O. The largest absolute Gasteiger partial charge is 0.497 e. The van der Waals surface area contributed by atoms with Gasteiger partial charge < -0.3 is 4.74 Å². The molecule has 2 heterocycles. The quantitative estimate of drug-likeness (QED) is 0.591. The number of methoxy groups -OCH3 is 1. The van der Waals surface area contributed by atoms with Gasteiger partial charge in [0, 0.05) is 23.5 Å². The zero-order chi connectivity index (χ0) is 15.4. The summed E-state index contributed by atoms with van der Waals surface area (Å²) in [6.45, 7) is 1.96. The van der Waals surface area contributed by atoms with E-state index in [2.05, 4.69) is 20.5 Å². The molecule has 5 nitrogen and oxygen atoms in total. The zero-order valence-corrected chi connectivity index (χ0v) is 12.4. The van der Waals surface area contributed by atoms with Gasteiger partial charge in [0.25, 0.3) is 0 Å². The Labute approximate surface area is 128 Å². The van der Waals surface area contributed by atoms with Gasteiger partial charge >= 0.3 is 0 Å². The van der Waals surface area contributed by atoms with Crippen molar-refractivity contribution >= 4 is 22.8 Å². The van der Waals surface area contributed by atoms with Crippen molar-refractivity contribution in [1.82, 2.24) is 9.97 Å². The maximum Gasteiger partial charge on any atom is 0.154 e. The molecule has 2 aromatic heterocycles. The van der Waals surface area contributed by atoms with Crippen molar-refractivity contribution in [3.8, 4) is 5.75 Å². The summed E-state index contributed by atoms with van der Waals surface area (Å²) >= 11 is 0. The van der Waals surface area contributed by atoms with Crippen molar-refractivity contribution in [1.29, 1.82) is 0 Å². The first-order valence-corrected chi connectivity index (χ1v) is 6.91. The first-order valence-electron chi connectivity index (χ1n) is 6.91. The third kappa shape index (κ3) is 3.03. The van der Waals surface area contributed by atoms with E-state index in [4.69, 9.17) is 4.74 Å². The Morgan fingerprint density at radius 2 is 1.95 bits per heavy atom. The fraction of sp³-hybridized carbons (Fsp3) is 0.118. The summed E-state index contributed by atoms with van der Waals surface area (Å²) in [6, 6.07) is 11.7. The van der Waals surface area contributed by atoms with Crippen molar-refractivity contribution in [2.24, 2.45) is 5.10 Å². The topological polar surface area (TPSA) is 59.4 Å². The van der Waals surface area contributed by atoms with Crippen molar-refractivity contribution in [2.45, 2.75) is 6.92 Å². The van der Waals surface area contributed by atoms with Gasteiger partial charge in [-0.2, -0.15) is 5.10 Å². The Hall–Kier alpha value is -2.95. The smallest absolute Gasteiger partial charge is 0.154 e. The number of ether oxygens (including phenoxy) is 1. The number of hydrazone groups is 1. The fourth-order valence-corrected chi connectivity index (χ4v) is 2.19. The number of fused-ring (bicyclic) bond motifs is 1. The van der Waals surface area contributed by atoms with Gasteiger partial charge in [-0.15, -0.1) is 0 Å². The molecule has 0 saturated carbocycles. The van der Waals surface area contributed by atoms with E-state index in [1.54, 1.807) is 25.7 Å². The Bertz CT molecular complexity index is 816. The van der Waals surface area contributed by atoms with E-state index < -0.39 is 0 Å². The molecule has 110 valence electrons. The molecule has 0 fully saturated rings. The third-order valence-electron chi connectivity index (χ3n) is 3.26. The first-order chi connectivity index (χ1) is 10.8. The highest BCUT2D eigenvalue weighted by Gasteiger charge is 2.05. The molecule has 3 aromatic rings. The molecule has 0 unspecified atom stereocenters. The van der Waals surface area contributed by atoms with Crippen LogP contribution >= 0.6 is 0 Å². The molecule has 0 aliphatic carbocycles. The molecule has 0 aliphatic rings. The van der Waals surface area contributed by atoms with Crippen LogP contribution in [0, 0.1) is 6.92 Å². The summed E-state index contributed by atoms with van der Waals surface area (Å²) < 4.78 is 5.28. The first kappa shape index (κ1) is 14.0. The minimum Gasteiger partial charge on any atom is -0.497 e. The lowest BCUT2D eigenvalue weighted by molar-refractivity contribution is 0.415. The zero-order valence-electron chi connectivity index (χ0n) is 12.4. The predicted molar refractivity (Wildman–Crippen MR) is 88.5 cm³/mol. The van der Waals surface area contributed by atoms with E-state index >= 15 is 0 Å². The summed E-state index contributed by atoms with van der Waals surface area (Å²) in [5.41, 5.74) is 4.91. The highest BCUT2D eigenvalue weighted by Crippen LogP contribution is 2.26. The summed E-state index contributed by atoms with van der Waals surface area (Å²) in [4.78, 5) is 8.49. The van der Waals surface area contributed by atoms with Crippen LogP contribution in [0.2, 0.25) is 0 Å². The molecule has 0 aliphatic heterocycles. The van der Waals surface area contributed by atoms with Crippen LogP contribution in [-0.4, -0.2) is 23.3 Å². The van der Waals surface area contributed by atoms with Gasteiger partial charge in [0.15, 0.2) is 5.82 Å². The van der Waals surface area contributed by atoms with Crippen molar-refractivity contribution in [2.75, 3.05) is 12.5 Å². The van der Waals surface area contributed by atoms with Crippen LogP contribution in [0.4, 0.5) is 5.82 Å². The third-order valence-corrected chi connectivity index (χ3v) is 3.26. The number of nitrogens with one attached hydrogen (secondary N) is 1. The molecule has 0 radical (unpaired) electrons. The number of aryl methyl sites for hydroxylation is 1. The summed E-state index contributed by atoms with van der Waals surface area (Å²) in [5, 5.41) is 6.31. The lowest BCUT2D eigenvalue weighted by Gasteiger charge is -2.08. The number of aromatic nitrogens is 2. The minimum absolute atomic E-state index is 0.708. The number of benzene rings is 1. The SMILES string of the molecule is COc1ccc2cc(C)nc(N/N=C/c3ccncc3)c2c1. The standard InChI is InChI=1S/C17H16N4O/c1-12-9-14-3-4-15(22-2)10-16(14)17(20-12)21-19-11-13-5-7-18-8-6-13/h3-11H,1-2H3,(H,20,21)/b19-11+. The number of hydrogen-bond acceptors (Lipinski definition) is 5. The van der Waals surface area contributed by atoms with Crippen molar-refractivity contribution in [3.05, 3.63) is 60.0 Å². The number of hydrogen-bond donors (Lipinski definition) is 1. The van der Waals surface area contributed by atoms with Crippen LogP contribution < -0.4 is 10.2 Å². The molecule has 0 bridgehead atoms. The van der Waals surface area contributed by atoms with Crippen LogP contribution in [0.25, 0.3) is 10.8 Å². The van der Waals surface area contributed by atoms with Crippen LogP contribution in [0.15, 0.2) is 53.9 Å². The van der Waals surface area contributed by atoms with E-state index in [0.717, 1.165) is 27.8 Å². The van der Waals surface area contributed by atoms with Crippen LogP contribution in [0.1, 0.15) is 11.3 Å². The fourth-order valence-electron chi connectivity index (χ4n) is 2.19. The second-order valence-corrected chi connectivity index (χ2v) is 4.85. The Morgan fingerprint density at radius 1 is 1.14 bits per heavy atom. The van der Waals surface area contributed by atoms with Crippen LogP contribution in [0.3, 0.4) is 0 Å². The maximum atomic E-state index is 5.28. The Kier molecular flexibility index (Phi) is 3.96. The number of anilines is 1. The van der Waals surface area contributed by atoms with E-state index in [1.165, 1.54) is 0 Å². The van der Waals surface area contributed by atoms with E-state index in [1.807, 2.05) is 43.3 Å². The summed E-state index contributed by atoms with van der Waals surface area (Å²) in [7, 11) is 1.65. The maximum absolute atomic E-state index is 5.28. The van der Waals surface area contributed by atoms with Gasteiger partial charge in [0.2, 0.25) is 0 Å². The van der Waals surface area contributed by atoms with Crippen LogP contribution in [-0.2, 0) is 0 Å². The molecular weight excluding hydrogens is 276 g/mol. The van der Waals surface area contributed by atoms with Crippen LogP contribution in [0.5, 0.6) is 5.75 Å². The molecule has 22 heavy (non-hydrogen) atoms. The molecule has 0 amide bonds. The lowest BCUT2D eigenvalue weighted by Crippen LogP contribution is -1.97. The normalized spacial score (nSPS) is 11.0. The second kappa shape index (κ2) is 6.22. The van der Waals surface area contributed by atoms with Gasteiger partial charge in [-0.05, 0) is 48.2 Å². The van der Waals surface area contributed by atoms with Crippen molar-refractivity contribution in [3.63, 3.8) is 0 Å². The van der Waals surface area contributed by atoms with Gasteiger partial charge in [-0.3, -0.25) is 10.4 Å². The molecule has 1 aromatic carbocycles. The molecule has 5 heteroatoms. The number of pyridine rings is 2. The highest BCUT2D eigenvalue weighted by molar-refractivity contribution is 5.93. The van der Waals surface area contributed by atoms with Crippen molar-refractivity contribution < 1.29 is 4.74 Å². The Morgan fingerprint density at radius 3 is 2.73 bits per heavy atom. The Balaban J connectivity index is 1.93. The lowest BCUT2D eigenvalue weighted by atomic mass is 10.1. The van der Waals surface area contributed by atoms with Gasteiger partial charge in [-0.25, -0.2) is 4.98 Å². The minimum atomic E-state index is 0.708. The molecule has 3 rings (SSSR count). The number of nitrogens with zero attached hydrogens (tertiary/aromatic N) is 3. The average Bonchev–Trinajstić information content (AvgIpc) is 2.55. The average molecular weight is 292 g/mol. The van der Waals surface area contributed by atoms with E-state index in [-0.39, 0.29) is 0 Å². The molecule has 0 saturated heterocycles. The van der Waals surface area contributed by atoms with Gasteiger partial charge in [-0.1, -0.05) is 6.07 Å². The molecule has 0 spiro atoms. The highest BCUT2D eigenvalue weighted by atomic mass is 16.5. The molecule has 1 N–H and O–H groups in total. The molecule has 0 atom stereocenters. The predicted octanol–water partition coefficient (Wildman–Crippen LogP) is 3.39. The second-order valence-electron chi connectivity index (χ2n) is 4.85. The monoisotopic (exact) mass is 292 g/mol. The van der Waals surface area contributed by atoms with E-state index in [9.17, 15) is 0 Å². The van der Waals surface area contributed by atoms with E-state index in [0.29, 0.717) is 5.82 Å². The van der Waals surface area contributed by atoms with Gasteiger partial charge in [0.1, 0.15) is 5.75 Å².